The summed E-state index contributed by atoms with van der Waals surface area (Å²) >= 11 is 0. The SMILES string of the molecule is CN=C(NCC1(OC)CCOCC1)N1CCC(=Cc2ccccc2)CC1.I. The predicted octanol–water partition coefficient (Wildman–Crippen LogP) is 3.55. The Morgan fingerprint density at radius 1 is 1.22 bits per heavy atom. The normalized spacial score (nSPS) is 20.0. The molecule has 3 rings (SSSR count). The Morgan fingerprint density at radius 3 is 2.48 bits per heavy atom. The molecule has 0 radical (unpaired) electrons. The van der Waals surface area contributed by atoms with Crippen molar-refractivity contribution in [1.82, 2.24) is 10.2 Å². The molecule has 0 atom stereocenters. The van der Waals surface area contributed by atoms with Gasteiger partial charge in [-0.3, -0.25) is 4.99 Å². The lowest BCUT2D eigenvalue weighted by Gasteiger charge is -2.38. The Balaban J connectivity index is 0.00000261. The van der Waals surface area contributed by atoms with Crippen molar-refractivity contribution >= 4 is 36.0 Å². The van der Waals surface area contributed by atoms with Crippen molar-refractivity contribution in [2.24, 2.45) is 4.99 Å². The van der Waals surface area contributed by atoms with E-state index >= 15 is 0 Å². The van der Waals surface area contributed by atoms with Crippen LogP contribution in [0.5, 0.6) is 0 Å². The van der Waals surface area contributed by atoms with Gasteiger partial charge in [0.1, 0.15) is 0 Å². The number of aliphatic imine (C=N–C) groups is 1. The monoisotopic (exact) mass is 485 g/mol. The molecule has 0 aromatic heterocycles. The molecule has 0 saturated carbocycles. The van der Waals surface area contributed by atoms with Crippen LogP contribution in [0.3, 0.4) is 0 Å². The minimum Gasteiger partial charge on any atom is -0.381 e. The fourth-order valence-electron chi connectivity index (χ4n) is 3.70. The summed E-state index contributed by atoms with van der Waals surface area (Å²) in [6.45, 7) is 4.32. The van der Waals surface area contributed by atoms with Crippen LogP contribution in [-0.4, -0.2) is 63.5 Å². The molecule has 0 unspecified atom stereocenters. The summed E-state index contributed by atoms with van der Waals surface area (Å²) in [4.78, 5) is 6.85. The molecule has 2 fully saturated rings. The average molecular weight is 485 g/mol. The standard InChI is InChI=1S/C21H31N3O2.HI/c1-22-20(23-17-21(25-2)10-14-26-15-11-21)24-12-8-19(9-13-24)16-18-6-4-3-5-7-18;/h3-7,16H,8-15,17H2,1-2H3,(H,22,23);1H. The molecule has 0 bridgehead atoms. The highest BCUT2D eigenvalue weighted by atomic mass is 127. The van der Waals surface area contributed by atoms with E-state index in [4.69, 9.17) is 9.47 Å². The average Bonchev–Trinajstić information content (AvgIpc) is 2.71. The van der Waals surface area contributed by atoms with Gasteiger partial charge in [-0.05, 0) is 18.4 Å². The number of halogens is 1. The third kappa shape index (κ3) is 6.19. The van der Waals surface area contributed by atoms with Crippen LogP contribution in [0.2, 0.25) is 0 Å². The molecule has 0 spiro atoms. The zero-order valence-corrected chi connectivity index (χ0v) is 18.8. The maximum absolute atomic E-state index is 5.82. The minimum atomic E-state index is -0.137. The van der Waals surface area contributed by atoms with Crippen LogP contribution in [0, 0.1) is 0 Å². The van der Waals surface area contributed by atoms with Gasteiger partial charge in [0.15, 0.2) is 5.96 Å². The second kappa shape index (κ2) is 11.0. The van der Waals surface area contributed by atoms with Crippen molar-refractivity contribution in [3.63, 3.8) is 0 Å². The Labute approximate surface area is 180 Å². The first kappa shape index (κ1) is 22.2. The molecule has 2 saturated heterocycles. The topological polar surface area (TPSA) is 46.1 Å². The summed E-state index contributed by atoms with van der Waals surface area (Å²) in [6.07, 6.45) is 6.35. The van der Waals surface area contributed by atoms with Gasteiger partial charge in [-0.25, -0.2) is 0 Å². The van der Waals surface area contributed by atoms with Crippen molar-refractivity contribution in [2.75, 3.05) is 47.0 Å². The fraction of sp³-hybridized carbons (Fsp3) is 0.571. The van der Waals surface area contributed by atoms with E-state index in [-0.39, 0.29) is 29.6 Å². The summed E-state index contributed by atoms with van der Waals surface area (Å²) in [7, 11) is 3.67. The van der Waals surface area contributed by atoms with E-state index in [0.29, 0.717) is 0 Å². The van der Waals surface area contributed by atoms with Crippen LogP contribution in [-0.2, 0) is 9.47 Å². The highest BCUT2D eigenvalue weighted by Gasteiger charge is 2.33. The van der Waals surface area contributed by atoms with Gasteiger partial charge < -0.3 is 19.7 Å². The quantitative estimate of drug-likeness (QED) is 0.403. The van der Waals surface area contributed by atoms with Gasteiger partial charge in [0.2, 0.25) is 0 Å². The largest absolute Gasteiger partial charge is 0.381 e. The molecule has 1 N–H and O–H groups in total. The number of benzene rings is 1. The van der Waals surface area contributed by atoms with Crippen LogP contribution in [0.15, 0.2) is 40.9 Å². The molecule has 27 heavy (non-hydrogen) atoms. The first-order chi connectivity index (χ1) is 12.7. The van der Waals surface area contributed by atoms with E-state index in [1.165, 1.54) is 11.1 Å². The Morgan fingerprint density at radius 2 is 1.89 bits per heavy atom. The number of hydrogen-bond acceptors (Lipinski definition) is 3. The van der Waals surface area contributed by atoms with Gasteiger partial charge in [-0.2, -0.15) is 0 Å². The molecule has 6 heteroatoms. The number of likely N-dealkylation sites (tertiary alicyclic amines) is 1. The molecule has 1 aromatic rings. The van der Waals surface area contributed by atoms with Crippen LogP contribution >= 0.6 is 24.0 Å². The zero-order chi connectivity index (χ0) is 18.2. The number of nitrogens with one attached hydrogen (secondary N) is 1. The molecule has 5 nitrogen and oxygen atoms in total. The molecular formula is C21H32IN3O2. The minimum absolute atomic E-state index is 0. The van der Waals surface area contributed by atoms with Crippen molar-refractivity contribution in [2.45, 2.75) is 31.3 Å². The van der Waals surface area contributed by atoms with Crippen LogP contribution in [0.4, 0.5) is 0 Å². The lowest BCUT2D eigenvalue weighted by Crippen LogP contribution is -2.52. The molecule has 0 aliphatic carbocycles. The Kier molecular flexibility index (Phi) is 9.05. The molecule has 1 aromatic carbocycles. The second-order valence-electron chi connectivity index (χ2n) is 7.10. The molecular weight excluding hydrogens is 453 g/mol. The van der Waals surface area contributed by atoms with Gasteiger partial charge >= 0.3 is 0 Å². The number of piperidine rings is 1. The van der Waals surface area contributed by atoms with E-state index in [1.54, 1.807) is 7.11 Å². The van der Waals surface area contributed by atoms with Gasteiger partial charge in [-0.1, -0.05) is 42.0 Å². The molecule has 0 amide bonds. The van der Waals surface area contributed by atoms with E-state index in [9.17, 15) is 0 Å². The summed E-state index contributed by atoms with van der Waals surface area (Å²) in [6, 6.07) is 10.6. The molecule has 150 valence electrons. The van der Waals surface area contributed by atoms with Crippen LogP contribution < -0.4 is 5.32 Å². The number of guanidine groups is 1. The Hall–Kier alpha value is -1.12. The van der Waals surface area contributed by atoms with Gasteiger partial charge in [-0.15, -0.1) is 24.0 Å². The van der Waals surface area contributed by atoms with Crippen molar-refractivity contribution in [3.8, 4) is 0 Å². The lowest BCUT2D eigenvalue weighted by atomic mass is 9.94. The number of methoxy groups -OCH3 is 1. The maximum atomic E-state index is 5.82. The first-order valence-electron chi connectivity index (χ1n) is 9.58. The van der Waals surface area contributed by atoms with E-state index in [2.05, 4.69) is 51.6 Å². The summed E-state index contributed by atoms with van der Waals surface area (Å²) in [5.41, 5.74) is 2.67. The summed E-state index contributed by atoms with van der Waals surface area (Å²) < 4.78 is 11.3. The zero-order valence-electron chi connectivity index (χ0n) is 16.4. The molecule has 2 aliphatic rings. The number of ether oxygens (including phenoxy) is 2. The fourth-order valence-corrected chi connectivity index (χ4v) is 3.70. The number of hydrogen-bond donors (Lipinski definition) is 1. The van der Waals surface area contributed by atoms with E-state index in [1.807, 2.05) is 7.05 Å². The molecule has 2 aliphatic heterocycles. The van der Waals surface area contributed by atoms with Crippen molar-refractivity contribution < 1.29 is 9.47 Å². The number of nitrogens with zero attached hydrogens (tertiary/aromatic N) is 2. The first-order valence-corrected chi connectivity index (χ1v) is 9.58. The smallest absolute Gasteiger partial charge is 0.193 e. The second-order valence-corrected chi connectivity index (χ2v) is 7.10. The highest BCUT2D eigenvalue weighted by molar-refractivity contribution is 14.0. The highest BCUT2D eigenvalue weighted by Crippen LogP contribution is 2.24. The summed E-state index contributed by atoms with van der Waals surface area (Å²) in [5.74, 6) is 0.978. The Bertz CT molecular complexity index is 618. The third-order valence-electron chi connectivity index (χ3n) is 5.49. The number of rotatable bonds is 4. The van der Waals surface area contributed by atoms with Crippen molar-refractivity contribution in [1.29, 1.82) is 0 Å². The van der Waals surface area contributed by atoms with Gasteiger partial charge in [0.05, 0.1) is 5.60 Å². The lowest BCUT2D eigenvalue weighted by molar-refractivity contribution is -0.0857. The van der Waals surface area contributed by atoms with E-state index < -0.39 is 0 Å². The van der Waals surface area contributed by atoms with E-state index in [0.717, 1.165) is 64.5 Å². The van der Waals surface area contributed by atoms with Gasteiger partial charge in [0.25, 0.3) is 0 Å². The van der Waals surface area contributed by atoms with Gasteiger partial charge in [0, 0.05) is 59.8 Å². The third-order valence-corrected chi connectivity index (χ3v) is 5.49. The summed E-state index contributed by atoms with van der Waals surface area (Å²) in [5, 5.41) is 3.54. The maximum Gasteiger partial charge on any atom is 0.193 e. The predicted molar refractivity (Wildman–Crippen MR) is 122 cm³/mol. The van der Waals surface area contributed by atoms with Crippen molar-refractivity contribution in [3.05, 3.63) is 41.5 Å². The molecule has 2 heterocycles. The van der Waals surface area contributed by atoms with Crippen LogP contribution in [0.1, 0.15) is 31.2 Å². The van der Waals surface area contributed by atoms with Crippen LogP contribution in [0.25, 0.3) is 6.08 Å².